The second-order valence-corrected chi connectivity index (χ2v) is 4.84. The molecule has 0 saturated carbocycles. The molecule has 0 bridgehead atoms. The van der Waals surface area contributed by atoms with Crippen LogP contribution in [0.1, 0.15) is 22.0 Å². The van der Waals surface area contributed by atoms with Crippen molar-refractivity contribution < 1.29 is 14.7 Å². The fraction of sp³-hybridized carbons (Fsp3) is 0.0714. The van der Waals surface area contributed by atoms with Crippen molar-refractivity contribution in [1.82, 2.24) is 10.3 Å². The van der Waals surface area contributed by atoms with Crippen molar-refractivity contribution >= 4 is 27.8 Å². The number of rotatable bonds is 4. The summed E-state index contributed by atoms with van der Waals surface area (Å²) in [6, 6.07) is 10.5. The minimum atomic E-state index is -1.11. The fourth-order valence-electron chi connectivity index (χ4n) is 1.69. The van der Waals surface area contributed by atoms with Crippen molar-refractivity contribution in [2.24, 2.45) is 0 Å². The van der Waals surface area contributed by atoms with Gasteiger partial charge in [-0.3, -0.25) is 4.79 Å². The van der Waals surface area contributed by atoms with Crippen LogP contribution in [0.2, 0.25) is 0 Å². The Labute approximate surface area is 123 Å². The molecule has 1 aromatic carbocycles. The van der Waals surface area contributed by atoms with Crippen molar-refractivity contribution in [3.63, 3.8) is 0 Å². The molecular weight excluding hydrogens is 324 g/mol. The van der Waals surface area contributed by atoms with Gasteiger partial charge in [-0.05, 0) is 33.6 Å². The van der Waals surface area contributed by atoms with Crippen LogP contribution in [-0.4, -0.2) is 22.0 Å². The van der Waals surface area contributed by atoms with Crippen LogP contribution < -0.4 is 5.32 Å². The zero-order valence-electron chi connectivity index (χ0n) is 10.3. The Morgan fingerprint density at radius 3 is 2.50 bits per heavy atom. The van der Waals surface area contributed by atoms with Gasteiger partial charge < -0.3 is 10.4 Å². The van der Waals surface area contributed by atoms with Crippen LogP contribution >= 0.6 is 15.9 Å². The molecule has 0 unspecified atom stereocenters. The smallest absolute Gasteiger partial charge is 0.330 e. The molecule has 0 saturated heterocycles. The molecule has 102 valence electrons. The van der Waals surface area contributed by atoms with Gasteiger partial charge in [0.25, 0.3) is 5.91 Å². The van der Waals surface area contributed by atoms with Gasteiger partial charge in [-0.25, -0.2) is 9.78 Å². The first-order valence-electron chi connectivity index (χ1n) is 5.78. The number of carboxylic acids is 1. The second-order valence-electron chi connectivity index (χ2n) is 4.02. The highest BCUT2D eigenvalue weighted by Gasteiger charge is 2.22. The predicted octanol–water partition coefficient (Wildman–Crippen LogP) is 2.40. The first-order valence-corrected chi connectivity index (χ1v) is 6.57. The largest absolute Gasteiger partial charge is 0.479 e. The van der Waals surface area contributed by atoms with Crippen LogP contribution in [0.5, 0.6) is 0 Å². The molecule has 1 heterocycles. The van der Waals surface area contributed by atoms with Gasteiger partial charge in [-0.2, -0.15) is 0 Å². The lowest BCUT2D eigenvalue weighted by atomic mass is 10.1. The molecule has 0 spiro atoms. The molecule has 5 nitrogen and oxygen atoms in total. The average Bonchev–Trinajstić information content (AvgIpc) is 2.45. The van der Waals surface area contributed by atoms with Gasteiger partial charge in [0.2, 0.25) is 0 Å². The molecule has 1 atom stereocenters. The lowest BCUT2D eigenvalue weighted by molar-refractivity contribution is -0.139. The Hall–Kier alpha value is -2.21. The normalized spacial score (nSPS) is 11.7. The van der Waals surface area contributed by atoms with Gasteiger partial charge in [-0.1, -0.05) is 30.3 Å². The number of aromatic nitrogens is 1. The van der Waals surface area contributed by atoms with E-state index in [1.165, 1.54) is 18.3 Å². The number of benzene rings is 1. The number of nitrogens with one attached hydrogen (secondary N) is 1. The highest BCUT2D eigenvalue weighted by molar-refractivity contribution is 9.10. The topological polar surface area (TPSA) is 79.3 Å². The summed E-state index contributed by atoms with van der Waals surface area (Å²) in [5.41, 5.74) is 0.857. The summed E-state index contributed by atoms with van der Waals surface area (Å²) in [5, 5.41) is 11.7. The summed E-state index contributed by atoms with van der Waals surface area (Å²) in [5.74, 6) is -1.58. The molecule has 1 amide bonds. The van der Waals surface area contributed by atoms with E-state index < -0.39 is 17.9 Å². The number of carbonyl (C=O) groups is 2. The van der Waals surface area contributed by atoms with Crippen LogP contribution in [-0.2, 0) is 4.79 Å². The number of amides is 1. The van der Waals surface area contributed by atoms with E-state index >= 15 is 0 Å². The Morgan fingerprint density at radius 1 is 1.20 bits per heavy atom. The summed E-state index contributed by atoms with van der Waals surface area (Å²) in [6.07, 6.45) is 1.47. The zero-order valence-corrected chi connectivity index (χ0v) is 11.9. The van der Waals surface area contributed by atoms with E-state index in [4.69, 9.17) is 0 Å². The number of carbonyl (C=O) groups excluding carboxylic acids is 1. The number of hydrogen-bond donors (Lipinski definition) is 2. The second kappa shape index (κ2) is 6.29. The zero-order chi connectivity index (χ0) is 14.5. The Bertz CT molecular complexity index is 631. The predicted molar refractivity (Wildman–Crippen MR) is 76.2 cm³/mol. The molecule has 0 aliphatic heterocycles. The summed E-state index contributed by atoms with van der Waals surface area (Å²) in [7, 11) is 0. The van der Waals surface area contributed by atoms with Gasteiger partial charge in [0.15, 0.2) is 6.04 Å². The quantitative estimate of drug-likeness (QED) is 0.841. The monoisotopic (exact) mass is 334 g/mol. The van der Waals surface area contributed by atoms with E-state index in [2.05, 4.69) is 26.2 Å². The van der Waals surface area contributed by atoms with Gasteiger partial charge >= 0.3 is 5.97 Å². The maximum Gasteiger partial charge on any atom is 0.330 e. The van der Waals surface area contributed by atoms with Crippen LogP contribution in [0.3, 0.4) is 0 Å². The molecule has 2 aromatic rings. The van der Waals surface area contributed by atoms with Crippen LogP contribution in [0, 0.1) is 0 Å². The summed E-state index contributed by atoms with van der Waals surface area (Å²) < 4.78 is 0.511. The minimum Gasteiger partial charge on any atom is -0.479 e. The Kier molecular flexibility index (Phi) is 4.47. The molecule has 0 fully saturated rings. The van der Waals surface area contributed by atoms with E-state index in [-0.39, 0.29) is 0 Å². The minimum absolute atomic E-state index is 0.342. The molecule has 2 N–H and O–H groups in total. The molecule has 0 aliphatic carbocycles. The summed E-state index contributed by atoms with van der Waals surface area (Å²) >= 11 is 3.16. The number of aliphatic carboxylic acids is 1. The number of halogens is 1. The van der Waals surface area contributed by atoms with Gasteiger partial charge in [0.05, 0.1) is 0 Å². The Balaban J connectivity index is 2.21. The third kappa shape index (κ3) is 3.42. The van der Waals surface area contributed by atoms with Crippen molar-refractivity contribution in [2.75, 3.05) is 0 Å². The molecular formula is C14H11BrN2O3. The van der Waals surface area contributed by atoms with Crippen molar-refractivity contribution in [1.29, 1.82) is 0 Å². The number of nitrogens with zero attached hydrogens (tertiary/aromatic N) is 1. The van der Waals surface area contributed by atoms with E-state index in [0.29, 0.717) is 15.7 Å². The van der Waals surface area contributed by atoms with E-state index in [0.717, 1.165) is 0 Å². The third-order valence-corrected chi connectivity index (χ3v) is 3.08. The Morgan fingerprint density at radius 2 is 1.90 bits per heavy atom. The standard InChI is InChI=1S/C14H11BrN2O3/c15-11-8-10(6-7-16-11)13(18)17-12(14(19)20)9-4-2-1-3-5-9/h1-8,12H,(H,17,18)(H,19,20)/t12-/m1/s1. The number of hydrogen-bond acceptors (Lipinski definition) is 3. The first-order chi connectivity index (χ1) is 9.58. The molecule has 1 aromatic heterocycles. The highest BCUT2D eigenvalue weighted by atomic mass is 79.9. The maximum absolute atomic E-state index is 12.1. The SMILES string of the molecule is O=C(N[C@@H](C(=O)O)c1ccccc1)c1ccnc(Br)c1. The lowest BCUT2D eigenvalue weighted by Crippen LogP contribution is -2.33. The molecule has 20 heavy (non-hydrogen) atoms. The fourth-order valence-corrected chi connectivity index (χ4v) is 2.06. The molecule has 2 rings (SSSR count). The van der Waals surface area contributed by atoms with E-state index in [9.17, 15) is 14.7 Å². The molecule has 6 heteroatoms. The van der Waals surface area contributed by atoms with Crippen LogP contribution in [0.25, 0.3) is 0 Å². The molecule has 0 radical (unpaired) electrons. The van der Waals surface area contributed by atoms with E-state index in [1.807, 2.05) is 0 Å². The van der Waals surface area contributed by atoms with Crippen LogP contribution in [0.15, 0.2) is 53.3 Å². The van der Waals surface area contributed by atoms with Gasteiger partial charge in [-0.15, -0.1) is 0 Å². The van der Waals surface area contributed by atoms with Gasteiger partial charge in [0, 0.05) is 11.8 Å². The van der Waals surface area contributed by atoms with Gasteiger partial charge in [0.1, 0.15) is 4.60 Å². The van der Waals surface area contributed by atoms with Crippen LogP contribution in [0.4, 0.5) is 0 Å². The van der Waals surface area contributed by atoms with E-state index in [1.54, 1.807) is 30.3 Å². The maximum atomic E-state index is 12.1. The lowest BCUT2D eigenvalue weighted by Gasteiger charge is -2.14. The summed E-state index contributed by atoms with van der Waals surface area (Å²) in [6.45, 7) is 0. The highest BCUT2D eigenvalue weighted by Crippen LogP contribution is 2.14. The number of carboxylic acid groups (broad SMARTS) is 1. The summed E-state index contributed by atoms with van der Waals surface area (Å²) in [4.78, 5) is 27.3. The molecule has 0 aliphatic rings. The first kappa shape index (κ1) is 14.2. The van der Waals surface area contributed by atoms with Crippen molar-refractivity contribution in [3.05, 3.63) is 64.4 Å². The third-order valence-electron chi connectivity index (χ3n) is 2.64. The number of pyridine rings is 1. The average molecular weight is 335 g/mol. The van der Waals surface area contributed by atoms with Crippen molar-refractivity contribution in [3.8, 4) is 0 Å². The van der Waals surface area contributed by atoms with Crippen molar-refractivity contribution in [2.45, 2.75) is 6.04 Å².